The van der Waals surface area contributed by atoms with Crippen LogP contribution in [0.2, 0.25) is 5.02 Å². The summed E-state index contributed by atoms with van der Waals surface area (Å²) in [5.41, 5.74) is 1.88. The fourth-order valence-electron chi connectivity index (χ4n) is 2.56. The largest absolute Gasteiger partial charge is 0.377 e. The molecule has 0 aliphatic carbocycles. The van der Waals surface area contributed by atoms with E-state index in [9.17, 15) is 10.1 Å². The van der Waals surface area contributed by atoms with Crippen LogP contribution in [0.5, 0.6) is 0 Å². The number of hydrogen-bond donors (Lipinski definition) is 0. The van der Waals surface area contributed by atoms with Gasteiger partial charge in [0.05, 0.1) is 24.9 Å². The molecule has 6 nitrogen and oxygen atoms in total. The van der Waals surface area contributed by atoms with Crippen LogP contribution in [-0.2, 0) is 4.74 Å². The Balaban J connectivity index is 1.90. The summed E-state index contributed by atoms with van der Waals surface area (Å²) in [7, 11) is 0. The molecule has 0 N–H and O–H groups in total. The van der Waals surface area contributed by atoms with E-state index in [0.29, 0.717) is 24.8 Å². The minimum absolute atomic E-state index is 0.00991. The molecular weight excluding hydrogens is 306 g/mol. The third-order valence-electron chi connectivity index (χ3n) is 3.61. The highest BCUT2D eigenvalue weighted by Crippen LogP contribution is 2.31. The van der Waals surface area contributed by atoms with Crippen molar-refractivity contribution in [3.05, 3.63) is 63.3 Å². The van der Waals surface area contributed by atoms with Crippen LogP contribution in [-0.4, -0.2) is 29.7 Å². The molecule has 0 radical (unpaired) electrons. The number of rotatable bonds is 3. The van der Waals surface area contributed by atoms with Gasteiger partial charge in [-0.25, -0.2) is 0 Å². The second-order valence-corrected chi connectivity index (χ2v) is 5.41. The highest BCUT2D eigenvalue weighted by molar-refractivity contribution is 6.30. The first-order chi connectivity index (χ1) is 10.6. The Morgan fingerprint density at radius 1 is 1.36 bits per heavy atom. The maximum absolute atomic E-state index is 10.7. The molecule has 0 bridgehead atoms. The number of morpholine rings is 1. The zero-order chi connectivity index (χ0) is 15.5. The highest BCUT2D eigenvalue weighted by Gasteiger charge is 2.26. The first-order valence-corrected chi connectivity index (χ1v) is 7.23. The van der Waals surface area contributed by atoms with Gasteiger partial charge in [-0.15, -0.1) is 0 Å². The van der Waals surface area contributed by atoms with Crippen molar-refractivity contribution >= 4 is 23.1 Å². The number of nitro groups is 1. The molecule has 1 aromatic carbocycles. The number of halogens is 1. The van der Waals surface area contributed by atoms with Gasteiger partial charge in [0, 0.05) is 17.6 Å². The topological polar surface area (TPSA) is 68.5 Å². The average molecular weight is 320 g/mol. The summed E-state index contributed by atoms with van der Waals surface area (Å²) in [6.45, 7) is 1.84. The predicted molar refractivity (Wildman–Crippen MR) is 83.2 cm³/mol. The summed E-state index contributed by atoms with van der Waals surface area (Å²) in [4.78, 5) is 16.2. The second-order valence-electron chi connectivity index (χ2n) is 4.97. The number of anilines is 1. The van der Waals surface area contributed by atoms with Crippen LogP contribution in [0.1, 0.15) is 11.6 Å². The third kappa shape index (κ3) is 3.03. The maximum atomic E-state index is 10.7. The van der Waals surface area contributed by atoms with Crippen LogP contribution in [0.25, 0.3) is 0 Å². The summed E-state index contributed by atoms with van der Waals surface area (Å²) in [6.07, 6.45) is 1.53. The van der Waals surface area contributed by atoms with Crippen LogP contribution in [0.3, 0.4) is 0 Å². The van der Waals surface area contributed by atoms with Crippen molar-refractivity contribution in [2.75, 3.05) is 24.7 Å². The number of ether oxygens (including phenoxy) is 1. The molecule has 1 aliphatic heterocycles. The minimum Gasteiger partial charge on any atom is -0.377 e. The van der Waals surface area contributed by atoms with E-state index in [4.69, 9.17) is 16.3 Å². The summed E-state index contributed by atoms with van der Waals surface area (Å²) in [5.74, 6) is -0.156. The Morgan fingerprint density at radius 2 is 2.23 bits per heavy atom. The Kier molecular flexibility index (Phi) is 4.22. The lowest BCUT2D eigenvalue weighted by molar-refractivity contribution is -0.389. The molecule has 0 unspecified atom stereocenters. The molecule has 114 valence electrons. The fourth-order valence-corrected chi connectivity index (χ4v) is 2.76. The van der Waals surface area contributed by atoms with E-state index in [0.717, 1.165) is 11.3 Å². The Labute approximate surface area is 132 Å². The van der Waals surface area contributed by atoms with Crippen LogP contribution >= 0.6 is 11.6 Å². The van der Waals surface area contributed by atoms with Crippen molar-refractivity contribution < 1.29 is 9.66 Å². The summed E-state index contributed by atoms with van der Waals surface area (Å²) in [6, 6.07) is 10.8. The van der Waals surface area contributed by atoms with Gasteiger partial charge in [-0.05, 0) is 33.7 Å². The molecule has 1 aliphatic rings. The molecule has 2 heterocycles. The van der Waals surface area contributed by atoms with E-state index in [2.05, 4.69) is 9.88 Å². The van der Waals surface area contributed by atoms with Crippen molar-refractivity contribution in [1.82, 2.24) is 4.98 Å². The summed E-state index contributed by atoms with van der Waals surface area (Å²) in [5, 5.41) is 11.4. The lowest BCUT2D eigenvalue weighted by Gasteiger charge is -2.37. The number of nitrogens with zero attached hydrogens (tertiary/aromatic N) is 3. The van der Waals surface area contributed by atoms with Gasteiger partial charge in [0.15, 0.2) is 6.20 Å². The van der Waals surface area contributed by atoms with Crippen molar-refractivity contribution in [1.29, 1.82) is 0 Å². The van der Waals surface area contributed by atoms with Gasteiger partial charge in [0.2, 0.25) is 0 Å². The Hall–Kier alpha value is -2.18. The lowest BCUT2D eigenvalue weighted by Crippen LogP contribution is -2.39. The van der Waals surface area contributed by atoms with Gasteiger partial charge < -0.3 is 19.8 Å². The maximum Gasteiger partial charge on any atom is 0.363 e. The molecule has 0 amide bonds. The van der Waals surface area contributed by atoms with Crippen LogP contribution in [0.15, 0.2) is 42.6 Å². The minimum atomic E-state index is -0.502. The molecule has 3 rings (SSSR count). The number of aromatic nitrogens is 1. The summed E-state index contributed by atoms with van der Waals surface area (Å²) < 4.78 is 5.58. The molecular formula is C15H14ClN3O3. The van der Waals surface area contributed by atoms with Gasteiger partial charge in [-0.2, -0.15) is 0 Å². The standard InChI is InChI=1S/C15H14ClN3O3/c16-12-3-1-2-11(8-12)14-10-22-7-6-18(14)13-4-5-15(17-9-13)19(20)21/h1-5,8-9,14H,6-7,10H2/t14-/m0/s1. The van der Waals surface area contributed by atoms with E-state index >= 15 is 0 Å². The van der Waals surface area contributed by atoms with Crippen LogP contribution < -0.4 is 4.90 Å². The molecule has 0 saturated carbocycles. The number of hydrogen-bond acceptors (Lipinski definition) is 5. The van der Waals surface area contributed by atoms with Gasteiger partial charge in [-0.3, -0.25) is 0 Å². The number of pyridine rings is 1. The van der Waals surface area contributed by atoms with Crippen molar-refractivity contribution in [2.45, 2.75) is 6.04 Å². The smallest absolute Gasteiger partial charge is 0.363 e. The molecule has 1 saturated heterocycles. The Bertz CT molecular complexity index is 678. The van der Waals surface area contributed by atoms with E-state index in [-0.39, 0.29) is 11.9 Å². The molecule has 2 aromatic rings. The average Bonchev–Trinajstić information content (AvgIpc) is 2.55. The molecule has 7 heteroatoms. The van der Waals surface area contributed by atoms with Crippen molar-refractivity contribution in [3.63, 3.8) is 0 Å². The van der Waals surface area contributed by atoms with Gasteiger partial charge >= 0.3 is 5.82 Å². The first kappa shape index (κ1) is 14.7. The van der Waals surface area contributed by atoms with Crippen LogP contribution in [0.4, 0.5) is 11.5 Å². The molecule has 1 aromatic heterocycles. The van der Waals surface area contributed by atoms with E-state index < -0.39 is 4.92 Å². The second kappa shape index (κ2) is 6.29. The van der Waals surface area contributed by atoms with E-state index in [1.165, 1.54) is 12.3 Å². The van der Waals surface area contributed by atoms with Gasteiger partial charge in [-0.1, -0.05) is 23.7 Å². The first-order valence-electron chi connectivity index (χ1n) is 6.85. The predicted octanol–water partition coefficient (Wildman–Crippen LogP) is 3.22. The van der Waals surface area contributed by atoms with Gasteiger partial charge in [0.1, 0.15) is 0 Å². The van der Waals surface area contributed by atoms with Gasteiger partial charge in [0.25, 0.3) is 0 Å². The van der Waals surface area contributed by atoms with Crippen LogP contribution in [0, 0.1) is 10.1 Å². The molecule has 22 heavy (non-hydrogen) atoms. The SMILES string of the molecule is O=[N+]([O-])c1ccc(N2CCOC[C@H]2c2cccc(Cl)c2)cn1. The van der Waals surface area contributed by atoms with E-state index in [1.54, 1.807) is 6.07 Å². The Morgan fingerprint density at radius 3 is 2.91 bits per heavy atom. The van der Waals surface area contributed by atoms with E-state index in [1.807, 2.05) is 24.3 Å². The van der Waals surface area contributed by atoms with Crippen molar-refractivity contribution in [3.8, 4) is 0 Å². The summed E-state index contributed by atoms with van der Waals surface area (Å²) >= 11 is 6.07. The molecule has 0 spiro atoms. The molecule has 1 fully saturated rings. The highest BCUT2D eigenvalue weighted by atomic mass is 35.5. The molecule has 1 atom stereocenters. The quantitative estimate of drug-likeness (QED) is 0.642. The van der Waals surface area contributed by atoms with Crippen molar-refractivity contribution in [2.24, 2.45) is 0 Å². The fraction of sp³-hybridized carbons (Fsp3) is 0.267. The lowest BCUT2D eigenvalue weighted by atomic mass is 10.0. The monoisotopic (exact) mass is 319 g/mol. The third-order valence-corrected chi connectivity index (χ3v) is 3.85. The normalized spacial score (nSPS) is 18.2. The number of benzene rings is 1. The zero-order valence-corrected chi connectivity index (χ0v) is 12.4. The zero-order valence-electron chi connectivity index (χ0n) is 11.7.